The van der Waals surface area contributed by atoms with Gasteiger partial charge in [-0.2, -0.15) is 5.10 Å². The molecule has 0 aliphatic carbocycles. The van der Waals surface area contributed by atoms with Crippen LogP contribution in [0.1, 0.15) is 23.3 Å². The largest absolute Gasteiger partial charge is 0.396 e. The zero-order valence-electron chi connectivity index (χ0n) is 10.2. The highest BCUT2D eigenvalue weighted by molar-refractivity contribution is 5.97. The van der Waals surface area contributed by atoms with Gasteiger partial charge >= 0.3 is 0 Å². The van der Waals surface area contributed by atoms with Gasteiger partial charge in [0.1, 0.15) is 0 Å². The van der Waals surface area contributed by atoms with Gasteiger partial charge in [0.15, 0.2) is 5.69 Å². The van der Waals surface area contributed by atoms with E-state index in [1.807, 2.05) is 0 Å². The first kappa shape index (κ1) is 11.9. The lowest BCUT2D eigenvalue weighted by Crippen LogP contribution is -2.43. The third-order valence-corrected chi connectivity index (χ3v) is 3.06. The van der Waals surface area contributed by atoms with Gasteiger partial charge in [-0.3, -0.25) is 9.48 Å². The second kappa shape index (κ2) is 4.75. The number of hydrogen-bond acceptors (Lipinski definition) is 4. The molecule has 0 radical (unpaired) electrons. The zero-order chi connectivity index (χ0) is 12.4. The summed E-state index contributed by atoms with van der Waals surface area (Å²) in [6.45, 7) is 1.36. The van der Waals surface area contributed by atoms with E-state index in [1.54, 1.807) is 29.9 Å². The number of methoxy groups -OCH3 is 1. The molecule has 0 aromatic carbocycles. The molecule has 17 heavy (non-hydrogen) atoms. The van der Waals surface area contributed by atoms with E-state index < -0.39 is 0 Å². The molecule has 2 N–H and O–H groups in total. The number of nitrogens with two attached hydrogens (primary N) is 1. The van der Waals surface area contributed by atoms with Crippen molar-refractivity contribution in [2.24, 2.45) is 7.05 Å². The molecule has 6 nitrogen and oxygen atoms in total. The molecular weight excluding hydrogens is 220 g/mol. The predicted molar refractivity (Wildman–Crippen MR) is 63.6 cm³/mol. The number of piperidine rings is 1. The first-order chi connectivity index (χ1) is 8.11. The summed E-state index contributed by atoms with van der Waals surface area (Å²) in [5, 5.41) is 4.10. The van der Waals surface area contributed by atoms with Crippen LogP contribution < -0.4 is 5.73 Å². The van der Waals surface area contributed by atoms with E-state index in [4.69, 9.17) is 10.5 Å². The maximum absolute atomic E-state index is 12.2. The van der Waals surface area contributed by atoms with Crippen molar-refractivity contribution >= 4 is 11.6 Å². The Kier molecular flexibility index (Phi) is 3.33. The standard InChI is InChI=1S/C11H18N4O2/c1-14-7-9(12)10(13-14)11(16)15-5-3-4-8(6-15)17-2/h7-8H,3-6,12H2,1-2H3. The lowest BCUT2D eigenvalue weighted by Gasteiger charge is -2.31. The minimum absolute atomic E-state index is 0.107. The molecule has 1 aromatic heterocycles. The summed E-state index contributed by atoms with van der Waals surface area (Å²) in [5.41, 5.74) is 6.52. The van der Waals surface area contributed by atoms with Crippen LogP contribution in [0.3, 0.4) is 0 Å². The molecule has 94 valence electrons. The molecule has 1 fully saturated rings. The third kappa shape index (κ3) is 2.41. The number of hydrogen-bond donors (Lipinski definition) is 1. The summed E-state index contributed by atoms with van der Waals surface area (Å²) in [6, 6.07) is 0. The number of amides is 1. The van der Waals surface area contributed by atoms with Crippen LogP contribution in [0.25, 0.3) is 0 Å². The Morgan fingerprint density at radius 1 is 1.65 bits per heavy atom. The van der Waals surface area contributed by atoms with Gasteiger partial charge in [-0.15, -0.1) is 0 Å². The van der Waals surface area contributed by atoms with Crippen LogP contribution in [-0.2, 0) is 11.8 Å². The Morgan fingerprint density at radius 2 is 2.41 bits per heavy atom. The number of likely N-dealkylation sites (tertiary alicyclic amines) is 1. The van der Waals surface area contributed by atoms with E-state index in [2.05, 4.69) is 5.10 Å². The third-order valence-electron chi connectivity index (χ3n) is 3.06. The maximum atomic E-state index is 12.2. The predicted octanol–water partition coefficient (Wildman–Crippen LogP) is 0.253. The van der Waals surface area contributed by atoms with Crippen LogP contribution in [0, 0.1) is 0 Å². The van der Waals surface area contributed by atoms with Crippen molar-refractivity contribution in [1.82, 2.24) is 14.7 Å². The highest BCUT2D eigenvalue weighted by atomic mass is 16.5. The number of carbonyl (C=O) groups is 1. The average molecular weight is 238 g/mol. The van der Waals surface area contributed by atoms with E-state index in [-0.39, 0.29) is 12.0 Å². The number of nitrogen functional groups attached to an aromatic ring is 1. The molecule has 1 aromatic rings. The molecule has 1 saturated heterocycles. The lowest BCUT2D eigenvalue weighted by molar-refractivity contribution is 0.0266. The van der Waals surface area contributed by atoms with Crippen LogP contribution in [0.4, 0.5) is 5.69 Å². The SMILES string of the molecule is COC1CCCN(C(=O)c2nn(C)cc2N)C1. The number of nitrogens with zero attached hydrogens (tertiary/aromatic N) is 3. The van der Waals surface area contributed by atoms with E-state index in [0.717, 1.165) is 19.4 Å². The number of carbonyl (C=O) groups excluding carboxylic acids is 1. The normalized spacial score (nSPS) is 20.6. The smallest absolute Gasteiger partial charge is 0.276 e. The molecule has 2 heterocycles. The molecular formula is C11H18N4O2. The quantitative estimate of drug-likeness (QED) is 0.801. The maximum Gasteiger partial charge on any atom is 0.276 e. The fourth-order valence-corrected chi connectivity index (χ4v) is 2.14. The zero-order valence-corrected chi connectivity index (χ0v) is 10.2. The Balaban J connectivity index is 2.12. The fourth-order valence-electron chi connectivity index (χ4n) is 2.14. The van der Waals surface area contributed by atoms with E-state index >= 15 is 0 Å². The molecule has 1 unspecified atom stereocenters. The first-order valence-corrected chi connectivity index (χ1v) is 5.73. The second-order valence-corrected chi connectivity index (χ2v) is 4.36. The van der Waals surface area contributed by atoms with Crippen molar-refractivity contribution in [3.8, 4) is 0 Å². The Labute approximate surface area is 100 Å². The van der Waals surface area contributed by atoms with E-state index in [9.17, 15) is 4.79 Å². The Morgan fingerprint density at radius 3 is 3.00 bits per heavy atom. The van der Waals surface area contributed by atoms with Gasteiger partial charge in [0, 0.05) is 33.4 Å². The molecule has 0 saturated carbocycles. The number of rotatable bonds is 2. The van der Waals surface area contributed by atoms with Crippen LogP contribution in [0.15, 0.2) is 6.20 Å². The molecule has 1 atom stereocenters. The van der Waals surface area contributed by atoms with Crippen molar-refractivity contribution in [1.29, 1.82) is 0 Å². The minimum atomic E-state index is -0.107. The van der Waals surface area contributed by atoms with Crippen molar-refractivity contribution in [2.75, 3.05) is 25.9 Å². The van der Waals surface area contributed by atoms with E-state index in [0.29, 0.717) is 17.9 Å². The summed E-state index contributed by atoms with van der Waals surface area (Å²) in [4.78, 5) is 14.0. The summed E-state index contributed by atoms with van der Waals surface area (Å²) in [5.74, 6) is -0.107. The van der Waals surface area contributed by atoms with Crippen molar-refractivity contribution in [3.05, 3.63) is 11.9 Å². The second-order valence-electron chi connectivity index (χ2n) is 4.36. The molecule has 1 aliphatic heterocycles. The van der Waals surface area contributed by atoms with Crippen LogP contribution in [0.2, 0.25) is 0 Å². The van der Waals surface area contributed by atoms with Gasteiger partial charge in [0.25, 0.3) is 5.91 Å². The van der Waals surface area contributed by atoms with Gasteiger partial charge in [0.05, 0.1) is 11.8 Å². The molecule has 0 spiro atoms. The van der Waals surface area contributed by atoms with Gasteiger partial charge in [-0.25, -0.2) is 0 Å². The monoisotopic (exact) mass is 238 g/mol. The highest BCUT2D eigenvalue weighted by Gasteiger charge is 2.26. The van der Waals surface area contributed by atoms with Gasteiger partial charge < -0.3 is 15.4 Å². The highest BCUT2D eigenvalue weighted by Crippen LogP contribution is 2.17. The summed E-state index contributed by atoms with van der Waals surface area (Å²) in [6.07, 6.45) is 3.72. The van der Waals surface area contributed by atoms with Crippen LogP contribution in [-0.4, -0.2) is 46.9 Å². The molecule has 2 rings (SSSR count). The van der Waals surface area contributed by atoms with Crippen molar-refractivity contribution in [2.45, 2.75) is 18.9 Å². The number of aryl methyl sites for hydroxylation is 1. The van der Waals surface area contributed by atoms with Gasteiger partial charge in [-0.05, 0) is 12.8 Å². The Hall–Kier alpha value is -1.56. The molecule has 0 bridgehead atoms. The summed E-state index contributed by atoms with van der Waals surface area (Å²) >= 11 is 0. The van der Waals surface area contributed by atoms with Crippen LogP contribution >= 0.6 is 0 Å². The van der Waals surface area contributed by atoms with Crippen LogP contribution in [0.5, 0.6) is 0 Å². The molecule has 1 aliphatic rings. The number of aromatic nitrogens is 2. The lowest BCUT2D eigenvalue weighted by atomic mass is 10.1. The fraction of sp³-hybridized carbons (Fsp3) is 0.636. The summed E-state index contributed by atoms with van der Waals surface area (Å²) in [7, 11) is 3.43. The van der Waals surface area contributed by atoms with Crippen molar-refractivity contribution in [3.63, 3.8) is 0 Å². The summed E-state index contributed by atoms with van der Waals surface area (Å²) < 4.78 is 6.85. The number of ether oxygens (including phenoxy) is 1. The van der Waals surface area contributed by atoms with Gasteiger partial charge in [0.2, 0.25) is 0 Å². The Bertz CT molecular complexity index is 416. The topological polar surface area (TPSA) is 73.4 Å². The number of anilines is 1. The van der Waals surface area contributed by atoms with E-state index in [1.165, 1.54) is 0 Å². The minimum Gasteiger partial charge on any atom is -0.396 e. The van der Waals surface area contributed by atoms with Gasteiger partial charge in [-0.1, -0.05) is 0 Å². The molecule has 1 amide bonds. The first-order valence-electron chi connectivity index (χ1n) is 5.73. The average Bonchev–Trinajstić information content (AvgIpc) is 2.67. The van der Waals surface area contributed by atoms with Crippen molar-refractivity contribution < 1.29 is 9.53 Å². The molecule has 6 heteroatoms.